The normalized spacial score (nSPS) is 22.7. The molecule has 0 N–H and O–H groups in total. The molecule has 0 aliphatic heterocycles. The highest BCUT2D eigenvalue weighted by Gasteiger charge is 2.37. The van der Waals surface area contributed by atoms with E-state index < -0.39 is 5.67 Å². The van der Waals surface area contributed by atoms with Gasteiger partial charge in [0.15, 0.2) is 0 Å². The fourth-order valence-electron chi connectivity index (χ4n) is 3.62. The Morgan fingerprint density at radius 1 is 1.06 bits per heavy atom. The van der Waals surface area contributed by atoms with Crippen molar-refractivity contribution in [3.8, 4) is 0 Å². The van der Waals surface area contributed by atoms with E-state index in [9.17, 15) is 4.39 Å². The van der Waals surface area contributed by atoms with Gasteiger partial charge < -0.3 is 0 Å². The second kappa shape index (κ2) is 8.17. The second-order valence-electron chi connectivity index (χ2n) is 6.49. The molecule has 0 aromatic rings. The minimum atomic E-state index is -0.936. The van der Waals surface area contributed by atoms with Crippen LogP contribution in [-0.4, -0.2) is 5.67 Å². The minimum Gasteiger partial charge on any atom is -0.244 e. The predicted molar refractivity (Wildman–Crippen MR) is 78.6 cm³/mol. The SMILES string of the molecule is CCCCCCC(C1CCCCC1)C(C)(F)CC. The molecule has 0 saturated heterocycles. The van der Waals surface area contributed by atoms with Crippen LogP contribution in [0.15, 0.2) is 0 Å². The monoisotopic (exact) mass is 256 g/mol. The summed E-state index contributed by atoms with van der Waals surface area (Å²) in [5.41, 5.74) is -0.936. The van der Waals surface area contributed by atoms with Crippen LogP contribution in [0.3, 0.4) is 0 Å². The number of rotatable bonds is 8. The van der Waals surface area contributed by atoms with Crippen molar-refractivity contribution >= 4 is 0 Å². The lowest BCUT2D eigenvalue weighted by Gasteiger charge is -2.38. The van der Waals surface area contributed by atoms with Gasteiger partial charge in [0.25, 0.3) is 0 Å². The summed E-state index contributed by atoms with van der Waals surface area (Å²) < 4.78 is 14.8. The van der Waals surface area contributed by atoms with Crippen LogP contribution in [0.2, 0.25) is 0 Å². The number of unbranched alkanes of at least 4 members (excludes halogenated alkanes) is 3. The van der Waals surface area contributed by atoms with E-state index in [0.29, 0.717) is 18.3 Å². The van der Waals surface area contributed by atoms with Crippen molar-refractivity contribution in [3.63, 3.8) is 0 Å². The smallest absolute Gasteiger partial charge is 0.111 e. The molecule has 2 atom stereocenters. The van der Waals surface area contributed by atoms with Gasteiger partial charge in [0.1, 0.15) is 5.67 Å². The summed E-state index contributed by atoms with van der Waals surface area (Å²) in [7, 11) is 0. The van der Waals surface area contributed by atoms with Crippen molar-refractivity contribution < 1.29 is 4.39 Å². The molecule has 1 rings (SSSR count). The molecule has 0 bridgehead atoms. The third kappa shape index (κ3) is 4.90. The molecule has 0 aromatic heterocycles. The van der Waals surface area contributed by atoms with Crippen LogP contribution in [0.4, 0.5) is 4.39 Å². The van der Waals surface area contributed by atoms with Gasteiger partial charge in [0.05, 0.1) is 0 Å². The van der Waals surface area contributed by atoms with Gasteiger partial charge in [-0.05, 0) is 31.6 Å². The van der Waals surface area contributed by atoms with Crippen molar-refractivity contribution in [3.05, 3.63) is 0 Å². The summed E-state index contributed by atoms with van der Waals surface area (Å²) in [5, 5.41) is 0. The molecular formula is C17H33F. The molecule has 1 fully saturated rings. The third-order valence-corrected chi connectivity index (χ3v) is 5.05. The van der Waals surface area contributed by atoms with Gasteiger partial charge in [-0.3, -0.25) is 0 Å². The van der Waals surface area contributed by atoms with Gasteiger partial charge in [-0.15, -0.1) is 0 Å². The lowest BCUT2D eigenvalue weighted by atomic mass is 9.70. The van der Waals surface area contributed by atoms with Gasteiger partial charge in [0, 0.05) is 0 Å². The van der Waals surface area contributed by atoms with Gasteiger partial charge in [-0.25, -0.2) is 4.39 Å². The molecule has 0 radical (unpaired) electrons. The standard InChI is InChI=1S/C17H33F/c1-4-6-7-11-14-16(17(3,18)5-2)15-12-9-8-10-13-15/h15-16H,4-14H2,1-3H3. The Hall–Kier alpha value is -0.0700. The van der Waals surface area contributed by atoms with E-state index in [1.807, 2.05) is 13.8 Å². The van der Waals surface area contributed by atoms with Crippen molar-refractivity contribution in [1.82, 2.24) is 0 Å². The van der Waals surface area contributed by atoms with Crippen LogP contribution in [-0.2, 0) is 0 Å². The average Bonchev–Trinajstić information content (AvgIpc) is 2.39. The summed E-state index contributed by atoms with van der Waals surface area (Å²) in [6.07, 6.45) is 13.5. The Morgan fingerprint density at radius 3 is 2.28 bits per heavy atom. The van der Waals surface area contributed by atoms with Crippen molar-refractivity contribution in [2.75, 3.05) is 0 Å². The van der Waals surface area contributed by atoms with E-state index in [-0.39, 0.29) is 0 Å². The van der Waals surface area contributed by atoms with Crippen LogP contribution in [0.5, 0.6) is 0 Å². The lowest BCUT2D eigenvalue weighted by molar-refractivity contribution is 0.0343. The highest BCUT2D eigenvalue weighted by Crippen LogP contribution is 2.42. The highest BCUT2D eigenvalue weighted by molar-refractivity contribution is 4.87. The topological polar surface area (TPSA) is 0 Å². The molecule has 0 amide bonds. The summed E-state index contributed by atoms with van der Waals surface area (Å²) in [6.45, 7) is 6.11. The largest absolute Gasteiger partial charge is 0.244 e. The van der Waals surface area contributed by atoms with E-state index >= 15 is 0 Å². The summed E-state index contributed by atoms with van der Waals surface area (Å²) in [4.78, 5) is 0. The van der Waals surface area contributed by atoms with Crippen LogP contribution >= 0.6 is 0 Å². The number of hydrogen-bond acceptors (Lipinski definition) is 0. The summed E-state index contributed by atoms with van der Waals surface area (Å²) in [6, 6.07) is 0. The predicted octanol–water partition coefficient (Wildman–Crippen LogP) is 6.29. The molecular weight excluding hydrogens is 223 g/mol. The first-order chi connectivity index (χ1) is 8.61. The highest BCUT2D eigenvalue weighted by atomic mass is 19.1. The Kier molecular flexibility index (Phi) is 7.26. The van der Waals surface area contributed by atoms with Crippen LogP contribution in [0.1, 0.15) is 91.4 Å². The first kappa shape index (κ1) is 16.0. The van der Waals surface area contributed by atoms with Crippen LogP contribution < -0.4 is 0 Å². The third-order valence-electron chi connectivity index (χ3n) is 5.05. The van der Waals surface area contributed by atoms with Crippen LogP contribution in [0.25, 0.3) is 0 Å². The Morgan fingerprint density at radius 2 is 1.72 bits per heavy atom. The van der Waals surface area contributed by atoms with Crippen molar-refractivity contribution in [2.24, 2.45) is 11.8 Å². The zero-order valence-corrected chi connectivity index (χ0v) is 12.8. The maximum Gasteiger partial charge on any atom is 0.111 e. The lowest BCUT2D eigenvalue weighted by Crippen LogP contribution is -2.35. The fraction of sp³-hybridized carbons (Fsp3) is 1.00. The molecule has 2 unspecified atom stereocenters. The van der Waals surface area contributed by atoms with E-state index in [1.54, 1.807) is 0 Å². The molecule has 18 heavy (non-hydrogen) atoms. The van der Waals surface area contributed by atoms with Gasteiger partial charge in [-0.2, -0.15) is 0 Å². The van der Waals surface area contributed by atoms with E-state index in [4.69, 9.17) is 0 Å². The average molecular weight is 256 g/mol. The number of alkyl halides is 1. The van der Waals surface area contributed by atoms with Gasteiger partial charge in [0.2, 0.25) is 0 Å². The van der Waals surface area contributed by atoms with Crippen molar-refractivity contribution in [2.45, 2.75) is 97.1 Å². The molecule has 108 valence electrons. The Balaban J connectivity index is 2.51. The maximum absolute atomic E-state index is 14.8. The summed E-state index contributed by atoms with van der Waals surface area (Å²) in [5.74, 6) is 0.981. The molecule has 1 aliphatic rings. The quantitative estimate of drug-likeness (QED) is 0.447. The van der Waals surface area contributed by atoms with E-state index in [0.717, 1.165) is 6.42 Å². The molecule has 0 heterocycles. The number of halogens is 1. The zero-order valence-electron chi connectivity index (χ0n) is 12.8. The maximum atomic E-state index is 14.8. The summed E-state index contributed by atoms with van der Waals surface area (Å²) >= 11 is 0. The second-order valence-corrected chi connectivity index (χ2v) is 6.49. The molecule has 1 aliphatic carbocycles. The molecule has 0 aromatic carbocycles. The molecule has 0 spiro atoms. The fourth-order valence-corrected chi connectivity index (χ4v) is 3.62. The number of hydrogen-bond donors (Lipinski definition) is 0. The molecule has 0 nitrogen and oxygen atoms in total. The van der Waals surface area contributed by atoms with E-state index in [2.05, 4.69) is 6.92 Å². The Bertz CT molecular complexity index is 204. The van der Waals surface area contributed by atoms with Crippen LogP contribution in [0, 0.1) is 11.8 Å². The van der Waals surface area contributed by atoms with Gasteiger partial charge in [-0.1, -0.05) is 71.6 Å². The minimum absolute atomic E-state index is 0.319. The molecule has 1 saturated carbocycles. The van der Waals surface area contributed by atoms with Crippen molar-refractivity contribution in [1.29, 1.82) is 0 Å². The zero-order chi connectivity index (χ0) is 13.4. The molecule has 1 heteroatoms. The van der Waals surface area contributed by atoms with E-state index in [1.165, 1.54) is 57.8 Å². The Labute approximate surface area is 114 Å². The van der Waals surface area contributed by atoms with Gasteiger partial charge >= 0.3 is 0 Å². The first-order valence-corrected chi connectivity index (χ1v) is 8.30. The first-order valence-electron chi connectivity index (χ1n) is 8.30.